The zero-order chi connectivity index (χ0) is 11.3. The molecular formula is C11H13NO3. The molecule has 0 saturated heterocycles. The lowest BCUT2D eigenvalue weighted by atomic mass is 10.1. The molecule has 0 spiro atoms. The topological polar surface area (TPSA) is 66.4 Å². The maximum absolute atomic E-state index is 11.1. The van der Waals surface area contributed by atoms with Crippen molar-refractivity contribution in [1.82, 2.24) is 5.32 Å². The molecule has 0 heterocycles. The number of amides is 1. The number of nitrogens with one attached hydrogen (secondary N) is 1. The highest BCUT2D eigenvalue weighted by Gasteiger charge is 2.03. The molecule has 1 rings (SSSR count). The van der Waals surface area contributed by atoms with E-state index >= 15 is 0 Å². The molecule has 1 aromatic carbocycles. The van der Waals surface area contributed by atoms with E-state index in [4.69, 9.17) is 5.11 Å². The first kappa shape index (κ1) is 11.4. The molecule has 80 valence electrons. The van der Waals surface area contributed by atoms with Gasteiger partial charge in [-0.15, -0.1) is 0 Å². The number of carbonyl (C=O) groups is 2. The van der Waals surface area contributed by atoms with E-state index in [1.54, 1.807) is 24.3 Å². The standard InChI is InChI=1S/C11H13NO3/c1-8(14)12-6-9-2-4-10(5-3-9)11(15)7-13/h2-5,13H,6-7H2,1H3,(H,12,14). The summed E-state index contributed by atoms with van der Waals surface area (Å²) in [5, 5.41) is 11.3. The smallest absolute Gasteiger partial charge is 0.217 e. The monoisotopic (exact) mass is 207 g/mol. The molecule has 1 amide bonds. The van der Waals surface area contributed by atoms with Crippen molar-refractivity contribution in [3.8, 4) is 0 Å². The Morgan fingerprint density at radius 3 is 2.33 bits per heavy atom. The van der Waals surface area contributed by atoms with Crippen molar-refractivity contribution < 1.29 is 14.7 Å². The fraction of sp³-hybridized carbons (Fsp3) is 0.273. The van der Waals surface area contributed by atoms with E-state index in [0.717, 1.165) is 5.56 Å². The van der Waals surface area contributed by atoms with Crippen LogP contribution in [0.1, 0.15) is 22.8 Å². The Morgan fingerprint density at radius 1 is 1.27 bits per heavy atom. The third-order valence-corrected chi connectivity index (χ3v) is 1.96. The molecule has 0 saturated carbocycles. The van der Waals surface area contributed by atoms with Gasteiger partial charge >= 0.3 is 0 Å². The number of hydrogen-bond acceptors (Lipinski definition) is 3. The molecule has 0 unspecified atom stereocenters. The highest BCUT2D eigenvalue weighted by Crippen LogP contribution is 2.04. The first-order valence-corrected chi connectivity index (χ1v) is 4.61. The Kier molecular flexibility index (Phi) is 4.00. The molecule has 0 atom stereocenters. The fourth-order valence-corrected chi connectivity index (χ4v) is 1.13. The number of rotatable bonds is 4. The second-order valence-electron chi connectivity index (χ2n) is 3.19. The third kappa shape index (κ3) is 3.52. The lowest BCUT2D eigenvalue weighted by molar-refractivity contribution is -0.119. The van der Waals surface area contributed by atoms with Gasteiger partial charge in [-0.2, -0.15) is 0 Å². The summed E-state index contributed by atoms with van der Waals surface area (Å²) in [6.45, 7) is 1.41. The van der Waals surface area contributed by atoms with Crippen LogP contribution in [0.25, 0.3) is 0 Å². The summed E-state index contributed by atoms with van der Waals surface area (Å²) in [6.07, 6.45) is 0. The van der Waals surface area contributed by atoms with Gasteiger partial charge in [0.1, 0.15) is 6.61 Å². The van der Waals surface area contributed by atoms with E-state index in [9.17, 15) is 9.59 Å². The van der Waals surface area contributed by atoms with Crippen LogP contribution < -0.4 is 5.32 Å². The van der Waals surface area contributed by atoms with Crippen LogP contribution in [-0.4, -0.2) is 23.4 Å². The Labute approximate surface area is 87.9 Å². The second-order valence-corrected chi connectivity index (χ2v) is 3.19. The molecule has 0 fully saturated rings. The molecule has 4 nitrogen and oxygen atoms in total. The minimum Gasteiger partial charge on any atom is -0.388 e. The molecule has 2 N–H and O–H groups in total. The van der Waals surface area contributed by atoms with E-state index in [1.165, 1.54) is 6.92 Å². The number of hydrogen-bond donors (Lipinski definition) is 2. The molecule has 4 heteroatoms. The lowest BCUT2D eigenvalue weighted by Gasteiger charge is -2.03. The van der Waals surface area contributed by atoms with Gasteiger partial charge in [0.05, 0.1) is 0 Å². The van der Waals surface area contributed by atoms with Crippen LogP contribution in [0, 0.1) is 0 Å². The minimum atomic E-state index is -0.481. The third-order valence-electron chi connectivity index (χ3n) is 1.96. The number of benzene rings is 1. The average molecular weight is 207 g/mol. The number of Topliss-reactive ketones (excluding diaryl/α,β-unsaturated/α-hetero) is 1. The van der Waals surface area contributed by atoms with Crippen molar-refractivity contribution in [3.05, 3.63) is 35.4 Å². The zero-order valence-electron chi connectivity index (χ0n) is 8.49. The second kappa shape index (κ2) is 5.26. The maximum atomic E-state index is 11.1. The van der Waals surface area contributed by atoms with Crippen molar-refractivity contribution in [1.29, 1.82) is 0 Å². The quantitative estimate of drug-likeness (QED) is 0.706. The molecule has 0 aliphatic rings. The summed E-state index contributed by atoms with van der Waals surface area (Å²) >= 11 is 0. The summed E-state index contributed by atoms with van der Waals surface area (Å²) in [4.78, 5) is 21.7. The number of aliphatic hydroxyl groups excluding tert-OH is 1. The van der Waals surface area contributed by atoms with Crippen LogP contribution in [0.2, 0.25) is 0 Å². The van der Waals surface area contributed by atoms with Crippen LogP contribution in [0.15, 0.2) is 24.3 Å². The Bertz CT molecular complexity index is 357. The highest BCUT2D eigenvalue weighted by molar-refractivity contribution is 5.96. The first-order chi connectivity index (χ1) is 7.13. The minimum absolute atomic E-state index is 0.0921. The van der Waals surface area contributed by atoms with Crippen LogP contribution in [0.4, 0.5) is 0 Å². The SMILES string of the molecule is CC(=O)NCc1ccc(C(=O)CO)cc1. The van der Waals surface area contributed by atoms with Gasteiger partial charge < -0.3 is 10.4 Å². The Balaban J connectivity index is 2.64. The van der Waals surface area contributed by atoms with Crippen molar-refractivity contribution in [2.24, 2.45) is 0 Å². The predicted molar refractivity (Wildman–Crippen MR) is 55.4 cm³/mol. The summed E-state index contributed by atoms with van der Waals surface area (Å²) in [5.74, 6) is -0.397. The van der Waals surface area contributed by atoms with Crippen molar-refractivity contribution in [3.63, 3.8) is 0 Å². The fourth-order valence-electron chi connectivity index (χ4n) is 1.13. The van der Waals surface area contributed by atoms with E-state index in [1.807, 2.05) is 0 Å². The van der Waals surface area contributed by atoms with Gasteiger partial charge in [-0.25, -0.2) is 0 Å². The summed E-state index contributed by atoms with van der Waals surface area (Å²) in [5.41, 5.74) is 1.39. The normalized spacial score (nSPS) is 9.73. The largest absolute Gasteiger partial charge is 0.388 e. The van der Waals surface area contributed by atoms with Crippen LogP contribution >= 0.6 is 0 Å². The maximum Gasteiger partial charge on any atom is 0.217 e. The van der Waals surface area contributed by atoms with E-state index < -0.39 is 6.61 Å². The summed E-state index contributed by atoms with van der Waals surface area (Å²) < 4.78 is 0. The molecule has 0 aliphatic heterocycles. The number of ketones is 1. The van der Waals surface area contributed by atoms with Gasteiger partial charge in [-0.1, -0.05) is 24.3 Å². The van der Waals surface area contributed by atoms with E-state index in [2.05, 4.69) is 5.32 Å². The molecule has 0 aromatic heterocycles. The van der Waals surface area contributed by atoms with Crippen molar-refractivity contribution in [2.75, 3.05) is 6.61 Å². The van der Waals surface area contributed by atoms with Crippen LogP contribution in [0.3, 0.4) is 0 Å². The van der Waals surface area contributed by atoms with Gasteiger partial charge in [0, 0.05) is 19.0 Å². The predicted octanol–water partition coefficient (Wildman–Crippen LogP) is 0.498. The van der Waals surface area contributed by atoms with Gasteiger partial charge in [0.25, 0.3) is 0 Å². The van der Waals surface area contributed by atoms with Gasteiger partial charge in [0.15, 0.2) is 5.78 Å². The Hall–Kier alpha value is -1.68. The Morgan fingerprint density at radius 2 is 1.87 bits per heavy atom. The van der Waals surface area contributed by atoms with Crippen LogP contribution in [0.5, 0.6) is 0 Å². The zero-order valence-corrected chi connectivity index (χ0v) is 8.49. The van der Waals surface area contributed by atoms with Gasteiger partial charge in [-0.05, 0) is 5.56 Å². The summed E-state index contributed by atoms with van der Waals surface area (Å²) in [7, 11) is 0. The van der Waals surface area contributed by atoms with E-state index in [0.29, 0.717) is 12.1 Å². The van der Waals surface area contributed by atoms with Crippen LogP contribution in [-0.2, 0) is 11.3 Å². The van der Waals surface area contributed by atoms with Gasteiger partial charge in [0.2, 0.25) is 5.91 Å². The van der Waals surface area contributed by atoms with E-state index in [-0.39, 0.29) is 11.7 Å². The van der Waals surface area contributed by atoms with Crippen molar-refractivity contribution >= 4 is 11.7 Å². The molecule has 15 heavy (non-hydrogen) atoms. The number of aliphatic hydroxyl groups is 1. The average Bonchev–Trinajstić information content (AvgIpc) is 2.26. The highest BCUT2D eigenvalue weighted by atomic mass is 16.3. The molecule has 0 radical (unpaired) electrons. The first-order valence-electron chi connectivity index (χ1n) is 4.61. The lowest BCUT2D eigenvalue weighted by Crippen LogP contribution is -2.18. The molecule has 0 aliphatic carbocycles. The molecule has 1 aromatic rings. The van der Waals surface area contributed by atoms with Crippen molar-refractivity contribution in [2.45, 2.75) is 13.5 Å². The number of carbonyl (C=O) groups excluding carboxylic acids is 2. The molecular weight excluding hydrogens is 194 g/mol. The summed E-state index contributed by atoms with van der Waals surface area (Å²) in [6, 6.07) is 6.77. The van der Waals surface area contributed by atoms with Gasteiger partial charge in [-0.3, -0.25) is 9.59 Å². The molecule has 0 bridgehead atoms.